The standard InChI is InChI=1S/C11H13ClN2O3S/c1-8(15)4-5-14-18(16,17)11-6-10(12)3-2-9(11)7-13/h2-3,6,8,14-15H,4-5H2,1H3. The molecule has 0 saturated heterocycles. The van der Waals surface area contributed by atoms with E-state index in [1.54, 1.807) is 13.0 Å². The lowest BCUT2D eigenvalue weighted by Crippen LogP contribution is -2.27. The number of benzene rings is 1. The Morgan fingerprint density at radius 3 is 2.78 bits per heavy atom. The van der Waals surface area contributed by atoms with E-state index in [2.05, 4.69) is 4.72 Å². The molecule has 0 aliphatic rings. The number of sulfonamides is 1. The molecule has 0 amide bonds. The van der Waals surface area contributed by atoms with E-state index in [1.807, 2.05) is 0 Å². The Bertz CT molecular complexity index is 564. The minimum absolute atomic E-state index is 0.0314. The Morgan fingerprint density at radius 1 is 1.56 bits per heavy atom. The molecular weight excluding hydrogens is 276 g/mol. The van der Waals surface area contributed by atoms with Crippen molar-refractivity contribution in [3.05, 3.63) is 28.8 Å². The van der Waals surface area contributed by atoms with Gasteiger partial charge in [0.1, 0.15) is 11.0 Å². The molecule has 0 aliphatic heterocycles. The molecule has 0 aliphatic carbocycles. The lowest BCUT2D eigenvalue weighted by atomic mass is 10.2. The SMILES string of the molecule is CC(O)CCNS(=O)(=O)c1cc(Cl)ccc1C#N. The smallest absolute Gasteiger partial charge is 0.241 e. The number of nitriles is 1. The van der Waals surface area contributed by atoms with Gasteiger partial charge in [0.15, 0.2) is 0 Å². The molecule has 7 heteroatoms. The fourth-order valence-corrected chi connectivity index (χ4v) is 2.75. The first kappa shape index (κ1) is 14.9. The second-order valence-electron chi connectivity index (χ2n) is 3.79. The summed E-state index contributed by atoms with van der Waals surface area (Å²) in [6.07, 6.45) is -0.302. The predicted molar refractivity (Wildman–Crippen MR) is 67.7 cm³/mol. The molecule has 0 bridgehead atoms. The second kappa shape index (κ2) is 6.16. The third-order valence-corrected chi connectivity index (χ3v) is 3.94. The van der Waals surface area contributed by atoms with E-state index in [0.29, 0.717) is 6.42 Å². The Hall–Kier alpha value is -1.13. The van der Waals surface area contributed by atoms with Crippen LogP contribution in [0, 0.1) is 11.3 Å². The molecule has 1 rings (SSSR count). The first-order chi connectivity index (χ1) is 8.36. The first-order valence-corrected chi connectivity index (χ1v) is 7.10. The first-order valence-electron chi connectivity index (χ1n) is 5.24. The van der Waals surface area contributed by atoms with E-state index in [9.17, 15) is 8.42 Å². The molecule has 0 fully saturated rings. The van der Waals surface area contributed by atoms with E-state index in [0.717, 1.165) is 0 Å². The van der Waals surface area contributed by atoms with Crippen molar-refractivity contribution in [3.8, 4) is 6.07 Å². The topological polar surface area (TPSA) is 90.2 Å². The van der Waals surface area contributed by atoms with E-state index in [1.165, 1.54) is 18.2 Å². The Balaban J connectivity index is 2.98. The molecule has 98 valence electrons. The van der Waals surface area contributed by atoms with Gasteiger partial charge in [-0.05, 0) is 31.5 Å². The fraction of sp³-hybridized carbons (Fsp3) is 0.364. The number of nitrogens with zero attached hydrogens (tertiary/aromatic N) is 1. The van der Waals surface area contributed by atoms with Crippen molar-refractivity contribution < 1.29 is 13.5 Å². The van der Waals surface area contributed by atoms with Gasteiger partial charge in [0.2, 0.25) is 10.0 Å². The molecule has 0 aromatic heterocycles. The zero-order valence-corrected chi connectivity index (χ0v) is 11.3. The Labute approximate surface area is 111 Å². The van der Waals surface area contributed by atoms with E-state index in [4.69, 9.17) is 22.0 Å². The van der Waals surface area contributed by atoms with Crippen molar-refractivity contribution in [1.29, 1.82) is 5.26 Å². The maximum atomic E-state index is 11.9. The van der Waals surface area contributed by atoms with Crippen LogP contribution in [0.15, 0.2) is 23.1 Å². The summed E-state index contributed by atoms with van der Waals surface area (Å²) in [7, 11) is -3.79. The van der Waals surface area contributed by atoms with Gasteiger partial charge in [0.25, 0.3) is 0 Å². The predicted octanol–water partition coefficient (Wildman–Crippen LogP) is 1.26. The Kier molecular flexibility index (Phi) is 5.11. The third-order valence-electron chi connectivity index (χ3n) is 2.21. The quantitative estimate of drug-likeness (QED) is 0.853. The molecule has 0 radical (unpaired) electrons. The zero-order valence-electron chi connectivity index (χ0n) is 9.72. The molecule has 0 spiro atoms. The summed E-state index contributed by atoms with van der Waals surface area (Å²) in [5.41, 5.74) is 0.0314. The van der Waals surface area contributed by atoms with Gasteiger partial charge in [-0.2, -0.15) is 5.26 Å². The largest absolute Gasteiger partial charge is 0.393 e. The zero-order chi connectivity index (χ0) is 13.8. The summed E-state index contributed by atoms with van der Waals surface area (Å²) in [6.45, 7) is 1.66. The summed E-state index contributed by atoms with van der Waals surface area (Å²) >= 11 is 5.72. The average Bonchev–Trinajstić information content (AvgIpc) is 2.28. The van der Waals surface area contributed by atoms with Gasteiger partial charge in [0.05, 0.1) is 11.7 Å². The van der Waals surface area contributed by atoms with Crippen LogP contribution in [-0.4, -0.2) is 26.2 Å². The summed E-state index contributed by atoms with van der Waals surface area (Å²) < 4.78 is 26.2. The summed E-state index contributed by atoms with van der Waals surface area (Å²) in [5.74, 6) is 0. The highest BCUT2D eigenvalue weighted by Gasteiger charge is 2.18. The molecule has 1 aromatic carbocycles. The highest BCUT2D eigenvalue weighted by Crippen LogP contribution is 2.20. The number of rotatable bonds is 5. The number of hydrogen-bond donors (Lipinski definition) is 2. The van der Waals surface area contributed by atoms with Crippen LogP contribution in [0.5, 0.6) is 0 Å². The van der Waals surface area contributed by atoms with Gasteiger partial charge < -0.3 is 5.11 Å². The molecule has 5 nitrogen and oxygen atoms in total. The monoisotopic (exact) mass is 288 g/mol. The molecule has 0 heterocycles. The fourth-order valence-electron chi connectivity index (χ4n) is 1.29. The van der Waals surface area contributed by atoms with Gasteiger partial charge >= 0.3 is 0 Å². The van der Waals surface area contributed by atoms with Crippen molar-refractivity contribution in [1.82, 2.24) is 4.72 Å². The van der Waals surface area contributed by atoms with E-state index < -0.39 is 16.1 Å². The van der Waals surface area contributed by atoms with Crippen molar-refractivity contribution in [2.45, 2.75) is 24.3 Å². The van der Waals surface area contributed by atoms with Gasteiger partial charge in [-0.1, -0.05) is 11.6 Å². The highest BCUT2D eigenvalue weighted by molar-refractivity contribution is 7.89. The minimum atomic E-state index is -3.79. The molecule has 2 N–H and O–H groups in total. The molecule has 1 aromatic rings. The Morgan fingerprint density at radius 2 is 2.22 bits per heavy atom. The van der Waals surface area contributed by atoms with Gasteiger partial charge in [0, 0.05) is 11.6 Å². The van der Waals surface area contributed by atoms with E-state index in [-0.39, 0.29) is 22.0 Å². The lowest BCUT2D eigenvalue weighted by Gasteiger charge is -2.09. The normalized spacial score (nSPS) is 13.0. The van der Waals surface area contributed by atoms with Gasteiger partial charge in [-0.25, -0.2) is 13.1 Å². The van der Waals surface area contributed by atoms with Crippen LogP contribution in [0.3, 0.4) is 0 Å². The number of hydrogen-bond acceptors (Lipinski definition) is 4. The van der Waals surface area contributed by atoms with Crippen LogP contribution in [-0.2, 0) is 10.0 Å². The highest BCUT2D eigenvalue weighted by atomic mass is 35.5. The molecular formula is C11H13ClN2O3S. The minimum Gasteiger partial charge on any atom is -0.393 e. The number of aliphatic hydroxyl groups is 1. The van der Waals surface area contributed by atoms with E-state index >= 15 is 0 Å². The summed E-state index contributed by atoms with van der Waals surface area (Å²) in [5, 5.41) is 18.2. The summed E-state index contributed by atoms with van der Waals surface area (Å²) in [6, 6.07) is 5.83. The lowest BCUT2D eigenvalue weighted by molar-refractivity contribution is 0.186. The van der Waals surface area contributed by atoms with Crippen molar-refractivity contribution in [2.24, 2.45) is 0 Å². The molecule has 1 atom stereocenters. The molecule has 1 unspecified atom stereocenters. The molecule has 0 saturated carbocycles. The van der Waals surface area contributed by atoms with Crippen LogP contribution in [0.4, 0.5) is 0 Å². The van der Waals surface area contributed by atoms with Crippen molar-refractivity contribution in [3.63, 3.8) is 0 Å². The van der Waals surface area contributed by atoms with Crippen molar-refractivity contribution in [2.75, 3.05) is 6.54 Å². The van der Waals surface area contributed by atoms with Gasteiger partial charge in [-0.3, -0.25) is 0 Å². The summed E-state index contributed by atoms with van der Waals surface area (Å²) in [4.78, 5) is -0.150. The van der Waals surface area contributed by atoms with Crippen LogP contribution in [0.25, 0.3) is 0 Å². The van der Waals surface area contributed by atoms with Crippen LogP contribution >= 0.6 is 11.6 Å². The van der Waals surface area contributed by atoms with Crippen LogP contribution in [0.2, 0.25) is 5.02 Å². The third kappa shape index (κ3) is 3.96. The number of aliphatic hydroxyl groups excluding tert-OH is 1. The maximum absolute atomic E-state index is 11.9. The maximum Gasteiger partial charge on any atom is 0.241 e. The number of nitrogens with one attached hydrogen (secondary N) is 1. The van der Waals surface area contributed by atoms with Crippen LogP contribution in [0.1, 0.15) is 18.9 Å². The second-order valence-corrected chi connectivity index (χ2v) is 5.96. The number of halogens is 1. The average molecular weight is 289 g/mol. The van der Waals surface area contributed by atoms with Crippen LogP contribution < -0.4 is 4.72 Å². The van der Waals surface area contributed by atoms with Crippen molar-refractivity contribution >= 4 is 21.6 Å². The van der Waals surface area contributed by atoms with Gasteiger partial charge in [-0.15, -0.1) is 0 Å². The molecule has 18 heavy (non-hydrogen) atoms.